The van der Waals surface area contributed by atoms with Gasteiger partial charge in [-0.2, -0.15) is 0 Å². The first-order valence-electron chi connectivity index (χ1n) is 6.74. The number of carbonyl (C=O) groups excluding carboxylic acids is 1. The fraction of sp³-hybridized carbons (Fsp3) is 0.500. The van der Waals surface area contributed by atoms with Crippen molar-refractivity contribution in [1.82, 2.24) is 5.32 Å². The van der Waals surface area contributed by atoms with E-state index < -0.39 is 26.3 Å². The van der Waals surface area contributed by atoms with Crippen molar-refractivity contribution >= 4 is 21.4 Å². The van der Waals surface area contributed by atoms with Gasteiger partial charge in [-0.15, -0.1) is 0 Å². The van der Waals surface area contributed by atoms with Crippen LogP contribution in [-0.4, -0.2) is 38.4 Å². The molecule has 21 heavy (non-hydrogen) atoms. The molecule has 0 bridgehead atoms. The molecule has 1 amide bonds. The molecule has 1 fully saturated rings. The maximum absolute atomic E-state index is 13.5. The van der Waals surface area contributed by atoms with Gasteiger partial charge in [0, 0.05) is 11.9 Å². The lowest BCUT2D eigenvalue weighted by Crippen LogP contribution is -2.55. The Hall–Kier alpha value is -1.47. The number of halogens is 1. The second kappa shape index (κ2) is 5.73. The van der Waals surface area contributed by atoms with Crippen LogP contribution in [0.2, 0.25) is 0 Å². The fourth-order valence-corrected chi connectivity index (χ4v) is 3.85. The third-order valence-corrected chi connectivity index (χ3v) is 5.98. The van der Waals surface area contributed by atoms with E-state index in [-0.39, 0.29) is 18.5 Å². The quantitative estimate of drug-likeness (QED) is 0.880. The van der Waals surface area contributed by atoms with E-state index in [2.05, 4.69) is 10.6 Å². The Balaban J connectivity index is 2.29. The van der Waals surface area contributed by atoms with E-state index in [1.807, 2.05) is 0 Å². The predicted octanol–water partition coefficient (Wildman–Crippen LogP) is 1.24. The van der Waals surface area contributed by atoms with Crippen LogP contribution < -0.4 is 10.6 Å². The molecule has 116 valence electrons. The lowest BCUT2D eigenvalue weighted by Gasteiger charge is -2.34. The second-order valence-electron chi connectivity index (χ2n) is 5.43. The third kappa shape index (κ3) is 3.08. The predicted molar refractivity (Wildman–Crippen MR) is 79.4 cm³/mol. The van der Waals surface area contributed by atoms with E-state index >= 15 is 0 Å². The van der Waals surface area contributed by atoms with Gasteiger partial charge in [-0.1, -0.05) is 6.07 Å². The Labute approximate surface area is 123 Å². The molecule has 1 aromatic rings. The highest BCUT2D eigenvalue weighted by Crippen LogP contribution is 2.29. The molecule has 5 nitrogen and oxygen atoms in total. The van der Waals surface area contributed by atoms with Crippen LogP contribution >= 0.6 is 0 Å². The van der Waals surface area contributed by atoms with E-state index in [0.29, 0.717) is 18.7 Å². The molecule has 1 saturated heterocycles. The Kier molecular flexibility index (Phi) is 4.34. The van der Waals surface area contributed by atoms with Crippen molar-refractivity contribution in [1.29, 1.82) is 0 Å². The number of rotatable bonds is 3. The minimum Gasteiger partial charge on any atom is -0.325 e. The lowest BCUT2D eigenvalue weighted by atomic mass is 9.95. The van der Waals surface area contributed by atoms with Gasteiger partial charge >= 0.3 is 0 Å². The zero-order valence-electron chi connectivity index (χ0n) is 12.1. The smallest absolute Gasteiger partial charge is 0.245 e. The van der Waals surface area contributed by atoms with E-state index in [1.165, 1.54) is 6.07 Å². The van der Waals surface area contributed by atoms with Gasteiger partial charge in [0.1, 0.15) is 5.82 Å². The highest BCUT2D eigenvalue weighted by atomic mass is 32.2. The molecule has 0 aliphatic carbocycles. The summed E-state index contributed by atoms with van der Waals surface area (Å²) >= 11 is 0. The van der Waals surface area contributed by atoms with Gasteiger partial charge in [0.2, 0.25) is 5.91 Å². The summed E-state index contributed by atoms with van der Waals surface area (Å²) in [4.78, 5) is 12.5. The third-order valence-electron chi connectivity index (χ3n) is 3.96. The molecule has 2 N–H and O–H groups in total. The summed E-state index contributed by atoms with van der Waals surface area (Å²) in [5.74, 6) is -1.03. The van der Waals surface area contributed by atoms with E-state index in [0.717, 1.165) is 6.26 Å². The van der Waals surface area contributed by atoms with Crippen LogP contribution in [0.25, 0.3) is 0 Å². The van der Waals surface area contributed by atoms with Crippen molar-refractivity contribution in [2.24, 2.45) is 0 Å². The van der Waals surface area contributed by atoms with Crippen molar-refractivity contribution < 1.29 is 17.6 Å². The minimum absolute atomic E-state index is 0.214. The van der Waals surface area contributed by atoms with Crippen molar-refractivity contribution in [3.63, 3.8) is 0 Å². The molecule has 7 heteroatoms. The summed E-state index contributed by atoms with van der Waals surface area (Å²) < 4.78 is 36.3. The number of nitrogens with one attached hydrogen (secondary N) is 2. The number of hydrogen-bond donors (Lipinski definition) is 2. The molecular formula is C14H19FN2O3S. The van der Waals surface area contributed by atoms with E-state index in [1.54, 1.807) is 19.1 Å². The molecule has 1 heterocycles. The maximum Gasteiger partial charge on any atom is 0.245 e. The molecule has 0 saturated carbocycles. The molecule has 0 atom stereocenters. The van der Waals surface area contributed by atoms with Crippen LogP contribution in [-0.2, 0) is 14.6 Å². The summed E-state index contributed by atoms with van der Waals surface area (Å²) in [6.45, 7) is 2.54. The average molecular weight is 314 g/mol. The first-order chi connectivity index (χ1) is 9.76. The molecule has 1 aliphatic rings. The Morgan fingerprint density at radius 1 is 1.33 bits per heavy atom. The monoisotopic (exact) mass is 314 g/mol. The first kappa shape index (κ1) is 15.9. The summed E-state index contributed by atoms with van der Waals surface area (Å²) in [7, 11) is -3.57. The molecule has 0 aromatic heterocycles. The standard InChI is InChI=1S/C14H19FN2O3S/c1-10-3-4-11(9-12(10)15)17-13(18)14(21(2,19)20)5-7-16-8-6-14/h3-4,9,16H,5-8H2,1-2H3,(H,17,18). The number of sulfone groups is 1. The molecular weight excluding hydrogens is 295 g/mol. The lowest BCUT2D eigenvalue weighted by molar-refractivity contribution is -0.119. The highest BCUT2D eigenvalue weighted by molar-refractivity contribution is 7.92. The van der Waals surface area contributed by atoms with Crippen molar-refractivity contribution in [3.05, 3.63) is 29.6 Å². The number of anilines is 1. The maximum atomic E-state index is 13.5. The summed E-state index contributed by atoms with van der Waals surface area (Å²) in [5, 5.41) is 5.58. The molecule has 1 aliphatic heterocycles. The summed E-state index contributed by atoms with van der Waals surface area (Å²) in [6, 6.07) is 4.30. The Morgan fingerprint density at radius 2 is 1.95 bits per heavy atom. The van der Waals surface area contributed by atoms with Gasteiger partial charge in [0.15, 0.2) is 14.6 Å². The number of aryl methyl sites for hydroxylation is 1. The number of carbonyl (C=O) groups is 1. The van der Waals surface area contributed by atoms with Gasteiger partial charge in [-0.25, -0.2) is 12.8 Å². The summed E-state index contributed by atoms with van der Waals surface area (Å²) in [5.41, 5.74) is 0.734. The van der Waals surface area contributed by atoms with Gasteiger partial charge in [0.25, 0.3) is 0 Å². The molecule has 0 spiro atoms. The number of amides is 1. The van der Waals surface area contributed by atoms with Gasteiger partial charge < -0.3 is 10.6 Å². The normalized spacial score (nSPS) is 18.2. The topological polar surface area (TPSA) is 75.3 Å². The zero-order valence-corrected chi connectivity index (χ0v) is 12.9. The van der Waals surface area contributed by atoms with Crippen molar-refractivity contribution in [2.75, 3.05) is 24.7 Å². The SMILES string of the molecule is Cc1ccc(NC(=O)C2(S(C)(=O)=O)CCNCC2)cc1F. The average Bonchev–Trinajstić information content (AvgIpc) is 2.42. The number of piperidine rings is 1. The largest absolute Gasteiger partial charge is 0.325 e. The molecule has 0 radical (unpaired) electrons. The highest BCUT2D eigenvalue weighted by Gasteiger charge is 2.48. The zero-order chi connectivity index (χ0) is 15.7. The van der Waals surface area contributed by atoms with Gasteiger partial charge in [-0.05, 0) is 50.6 Å². The van der Waals surface area contributed by atoms with Crippen LogP contribution in [0.15, 0.2) is 18.2 Å². The second-order valence-corrected chi connectivity index (χ2v) is 7.76. The van der Waals surface area contributed by atoms with Crippen LogP contribution in [0, 0.1) is 12.7 Å². The Morgan fingerprint density at radius 3 is 2.48 bits per heavy atom. The van der Waals surface area contributed by atoms with Crippen LogP contribution in [0.1, 0.15) is 18.4 Å². The van der Waals surface area contributed by atoms with Gasteiger partial charge in [0.05, 0.1) is 0 Å². The Bertz CT molecular complexity index is 652. The molecule has 1 aromatic carbocycles. The first-order valence-corrected chi connectivity index (χ1v) is 8.63. The minimum atomic E-state index is -3.57. The van der Waals surface area contributed by atoms with E-state index in [4.69, 9.17) is 0 Å². The van der Waals surface area contributed by atoms with E-state index in [9.17, 15) is 17.6 Å². The van der Waals surface area contributed by atoms with Crippen molar-refractivity contribution in [3.8, 4) is 0 Å². The van der Waals surface area contributed by atoms with Gasteiger partial charge in [-0.3, -0.25) is 4.79 Å². The summed E-state index contributed by atoms with van der Waals surface area (Å²) in [6.07, 6.45) is 1.51. The number of hydrogen-bond acceptors (Lipinski definition) is 4. The van der Waals surface area contributed by atoms with Crippen LogP contribution in [0.3, 0.4) is 0 Å². The fourth-order valence-electron chi connectivity index (χ4n) is 2.51. The molecule has 0 unspecified atom stereocenters. The van der Waals surface area contributed by atoms with Crippen molar-refractivity contribution in [2.45, 2.75) is 24.5 Å². The number of benzene rings is 1. The molecule has 2 rings (SSSR count). The van der Waals surface area contributed by atoms with Crippen LogP contribution in [0.5, 0.6) is 0 Å². The van der Waals surface area contributed by atoms with Crippen LogP contribution in [0.4, 0.5) is 10.1 Å².